The number of aliphatic carboxylic acids is 1. The molecule has 0 amide bonds. The third-order valence-corrected chi connectivity index (χ3v) is 3.20. The molecular formula is C14H16BrNO5. The lowest BCUT2D eigenvalue weighted by Crippen LogP contribution is -2.17. The Morgan fingerprint density at radius 1 is 1.19 bits per heavy atom. The van der Waals surface area contributed by atoms with Crippen molar-refractivity contribution in [2.45, 2.75) is 0 Å². The van der Waals surface area contributed by atoms with Crippen molar-refractivity contribution in [3.05, 3.63) is 33.9 Å². The highest BCUT2D eigenvalue weighted by molar-refractivity contribution is 9.10. The van der Waals surface area contributed by atoms with Gasteiger partial charge in [0.15, 0.2) is 0 Å². The summed E-state index contributed by atoms with van der Waals surface area (Å²) in [5, 5.41) is 9.19. The minimum Gasteiger partial charge on any atom is -0.496 e. The summed E-state index contributed by atoms with van der Waals surface area (Å²) in [6, 6.07) is 3.00. The van der Waals surface area contributed by atoms with Crippen LogP contribution in [-0.4, -0.2) is 50.1 Å². The number of carboxylic acids is 1. The lowest BCUT2D eigenvalue weighted by molar-refractivity contribution is -0.132. The van der Waals surface area contributed by atoms with Crippen LogP contribution in [-0.2, 0) is 4.79 Å². The lowest BCUT2D eigenvalue weighted by atomic mass is 10.0. The first-order chi connectivity index (χ1) is 9.81. The van der Waals surface area contributed by atoms with Crippen molar-refractivity contribution < 1.29 is 24.2 Å². The van der Waals surface area contributed by atoms with Crippen molar-refractivity contribution in [2.75, 3.05) is 28.3 Å². The molecular weight excluding hydrogens is 342 g/mol. The highest BCUT2D eigenvalue weighted by atomic mass is 79.9. The van der Waals surface area contributed by atoms with E-state index in [2.05, 4.69) is 15.9 Å². The first-order valence-corrected chi connectivity index (χ1v) is 6.68. The molecule has 21 heavy (non-hydrogen) atoms. The molecule has 1 rings (SSSR count). The van der Waals surface area contributed by atoms with E-state index >= 15 is 0 Å². The topological polar surface area (TPSA) is 76.1 Å². The molecule has 7 heteroatoms. The van der Waals surface area contributed by atoms with Crippen molar-refractivity contribution in [3.8, 4) is 11.5 Å². The Morgan fingerprint density at radius 2 is 1.76 bits per heavy atom. The van der Waals surface area contributed by atoms with E-state index in [0.717, 1.165) is 0 Å². The van der Waals surface area contributed by atoms with Gasteiger partial charge in [-0.05, 0) is 22.0 Å². The van der Waals surface area contributed by atoms with Crippen molar-refractivity contribution in [1.29, 1.82) is 0 Å². The standard InChI is InChI=1S/C14H16BrNO5/c1-16(2)7-9(14(18)19)13(17)8-5-10(15)12(21-4)6-11(8)20-3/h5-7H,1-4H3,(H,18,19)/b9-7-. The molecule has 0 unspecified atom stereocenters. The molecule has 0 fully saturated rings. The zero-order valence-corrected chi connectivity index (χ0v) is 13.7. The van der Waals surface area contributed by atoms with Gasteiger partial charge in [-0.25, -0.2) is 4.79 Å². The summed E-state index contributed by atoms with van der Waals surface area (Å²) in [5.41, 5.74) is -0.212. The number of carbonyl (C=O) groups excluding carboxylic acids is 1. The highest BCUT2D eigenvalue weighted by Gasteiger charge is 2.24. The molecule has 1 aromatic carbocycles. The van der Waals surface area contributed by atoms with Gasteiger partial charge >= 0.3 is 5.97 Å². The molecule has 0 atom stereocenters. The molecule has 0 saturated carbocycles. The number of halogens is 1. The summed E-state index contributed by atoms with van der Waals surface area (Å²) in [6.45, 7) is 0. The van der Waals surface area contributed by atoms with Gasteiger partial charge in [-0.1, -0.05) is 0 Å². The van der Waals surface area contributed by atoms with Crippen molar-refractivity contribution in [2.24, 2.45) is 0 Å². The second-order valence-electron chi connectivity index (χ2n) is 4.33. The first kappa shape index (κ1) is 17.0. The van der Waals surface area contributed by atoms with Gasteiger partial charge in [0.1, 0.15) is 17.1 Å². The molecule has 0 bridgehead atoms. The Bertz CT molecular complexity index is 595. The third kappa shape index (κ3) is 3.98. The van der Waals surface area contributed by atoms with Crippen LogP contribution >= 0.6 is 15.9 Å². The van der Waals surface area contributed by atoms with E-state index in [9.17, 15) is 14.7 Å². The number of hydrogen-bond acceptors (Lipinski definition) is 5. The Morgan fingerprint density at radius 3 is 2.19 bits per heavy atom. The molecule has 0 aliphatic heterocycles. The number of benzene rings is 1. The largest absolute Gasteiger partial charge is 0.496 e. The molecule has 0 radical (unpaired) electrons. The first-order valence-electron chi connectivity index (χ1n) is 5.89. The van der Waals surface area contributed by atoms with E-state index in [1.807, 2.05) is 0 Å². The number of methoxy groups -OCH3 is 2. The smallest absolute Gasteiger partial charge is 0.341 e. The van der Waals surface area contributed by atoms with Crippen LogP contribution in [0.5, 0.6) is 11.5 Å². The zero-order valence-electron chi connectivity index (χ0n) is 12.1. The van der Waals surface area contributed by atoms with E-state index in [4.69, 9.17) is 9.47 Å². The van der Waals surface area contributed by atoms with Crippen LogP contribution in [0.25, 0.3) is 0 Å². The summed E-state index contributed by atoms with van der Waals surface area (Å²) >= 11 is 3.27. The summed E-state index contributed by atoms with van der Waals surface area (Å²) < 4.78 is 10.8. The molecule has 0 aromatic heterocycles. The molecule has 0 aliphatic rings. The van der Waals surface area contributed by atoms with Gasteiger partial charge in [-0.15, -0.1) is 0 Å². The SMILES string of the molecule is COc1cc(OC)c(C(=O)/C(=C/N(C)C)C(=O)O)cc1Br. The fourth-order valence-electron chi connectivity index (χ4n) is 1.65. The third-order valence-electron chi connectivity index (χ3n) is 2.58. The van der Waals surface area contributed by atoms with Crippen LogP contribution in [0.3, 0.4) is 0 Å². The number of carbonyl (C=O) groups is 2. The zero-order chi connectivity index (χ0) is 16.2. The molecule has 0 heterocycles. The maximum Gasteiger partial charge on any atom is 0.341 e. The normalized spacial score (nSPS) is 11.0. The number of rotatable bonds is 6. The van der Waals surface area contributed by atoms with Crippen molar-refractivity contribution in [1.82, 2.24) is 4.90 Å². The van der Waals surface area contributed by atoms with E-state index in [1.54, 1.807) is 14.1 Å². The predicted octanol–water partition coefficient (Wildman–Crippen LogP) is 2.18. The van der Waals surface area contributed by atoms with Crippen molar-refractivity contribution in [3.63, 3.8) is 0 Å². The Labute approximate surface area is 131 Å². The van der Waals surface area contributed by atoms with Gasteiger partial charge in [-0.2, -0.15) is 0 Å². The minimum atomic E-state index is -1.30. The number of carboxylic acid groups (broad SMARTS) is 1. The summed E-state index contributed by atoms with van der Waals surface area (Å²) in [6.07, 6.45) is 1.25. The fourth-order valence-corrected chi connectivity index (χ4v) is 2.16. The Kier molecular flexibility index (Phi) is 5.78. The average Bonchev–Trinajstić information content (AvgIpc) is 2.43. The number of hydrogen-bond donors (Lipinski definition) is 1. The lowest BCUT2D eigenvalue weighted by Gasteiger charge is -2.13. The highest BCUT2D eigenvalue weighted by Crippen LogP contribution is 2.34. The predicted molar refractivity (Wildman–Crippen MR) is 81.0 cm³/mol. The molecule has 1 N–H and O–H groups in total. The maximum atomic E-state index is 12.4. The van der Waals surface area contributed by atoms with E-state index < -0.39 is 11.8 Å². The molecule has 0 saturated heterocycles. The van der Waals surface area contributed by atoms with Crippen LogP contribution in [0.15, 0.2) is 28.4 Å². The second-order valence-corrected chi connectivity index (χ2v) is 5.18. The van der Waals surface area contributed by atoms with Gasteiger partial charge < -0.3 is 19.5 Å². The monoisotopic (exact) mass is 357 g/mol. The minimum absolute atomic E-state index is 0.140. The average molecular weight is 358 g/mol. The quantitative estimate of drug-likeness (QED) is 0.364. The second kappa shape index (κ2) is 7.12. The number of nitrogens with zero attached hydrogens (tertiary/aromatic N) is 1. The van der Waals surface area contributed by atoms with Crippen LogP contribution < -0.4 is 9.47 Å². The van der Waals surface area contributed by atoms with Gasteiger partial charge in [-0.3, -0.25) is 4.79 Å². The number of ketones is 1. The van der Waals surface area contributed by atoms with Crippen LogP contribution in [0.1, 0.15) is 10.4 Å². The van der Waals surface area contributed by atoms with Gasteiger partial charge in [0, 0.05) is 26.4 Å². The van der Waals surface area contributed by atoms with E-state index in [1.165, 1.54) is 37.5 Å². The summed E-state index contributed by atoms with van der Waals surface area (Å²) in [4.78, 5) is 25.2. The molecule has 0 aliphatic carbocycles. The Hall–Kier alpha value is -2.02. The van der Waals surface area contributed by atoms with E-state index in [0.29, 0.717) is 10.2 Å². The van der Waals surface area contributed by atoms with Crippen LogP contribution in [0.2, 0.25) is 0 Å². The van der Waals surface area contributed by atoms with Crippen molar-refractivity contribution >= 4 is 27.7 Å². The molecule has 114 valence electrons. The molecule has 6 nitrogen and oxygen atoms in total. The van der Waals surface area contributed by atoms with E-state index in [-0.39, 0.29) is 16.9 Å². The van der Waals surface area contributed by atoms with Crippen LogP contribution in [0.4, 0.5) is 0 Å². The maximum absolute atomic E-state index is 12.4. The Balaban J connectivity index is 3.41. The van der Waals surface area contributed by atoms with Gasteiger partial charge in [0.2, 0.25) is 5.78 Å². The molecule has 0 spiro atoms. The van der Waals surface area contributed by atoms with Gasteiger partial charge in [0.25, 0.3) is 0 Å². The van der Waals surface area contributed by atoms with Gasteiger partial charge in [0.05, 0.1) is 24.3 Å². The summed E-state index contributed by atoms with van der Waals surface area (Å²) in [5.74, 6) is -1.22. The van der Waals surface area contributed by atoms with Crippen LogP contribution in [0, 0.1) is 0 Å². The fraction of sp³-hybridized carbons (Fsp3) is 0.286. The number of Topliss-reactive ketones (excluding diaryl/α,β-unsaturated/α-hetero) is 1. The molecule has 1 aromatic rings. The summed E-state index contributed by atoms with van der Waals surface area (Å²) in [7, 11) is 6.15. The number of ether oxygens (including phenoxy) is 2.